The van der Waals surface area contributed by atoms with Crippen molar-refractivity contribution in [2.45, 2.75) is 19.4 Å². The Kier molecular flexibility index (Phi) is 6.04. The van der Waals surface area contributed by atoms with Crippen LogP contribution in [0.4, 0.5) is 19.3 Å². The molecule has 0 aliphatic rings. The molecular weight excluding hydrogens is 286 g/mol. The van der Waals surface area contributed by atoms with Crippen molar-refractivity contribution in [2.24, 2.45) is 0 Å². The summed E-state index contributed by atoms with van der Waals surface area (Å²) in [6.45, 7) is 1.33. The van der Waals surface area contributed by atoms with Crippen LogP contribution in [0.1, 0.15) is 12.0 Å². The summed E-state index contributed by atoms with van der Waals surface area (Å²) in [4.78, 5) is 22.1. The molecule has 1 rings (SSSR count). The lowest BCUT2D eigenvalue weighted by Crippen LogP contribution is -2.37. The van der Waals surface area contributed by atoms with E-state index in [0.717, 1.165) is 6.07 Å². The number of methoxy groups -OCH3 is 1. The molecule has 0 saturated heterocycles. The van der Waals surface area contributed by atoms with E-state index in [1.54, 1.807) is 0 Å². The number of carboxylic acids is 1. The molecule has 0 radical (unpaired) electrons. The van der Waals surface area contributed by atoms with Gasteiger partial charge in [0.1, 0.15) is 11.5 Å². The number of urea groups is 1. The zero-order valence-corrected chi connectivity index (χ0v) is 11.6. The fourth-order valence-electron chi connectivity index (χ4n) is 1.57. The van der Waals surface area contributed by atoms with E-state index in [0.29, 0.717) is 0 Å². The minimum atomic E-state index is -1.08. The monoisotopic (exact) mass is 302 g/mol. The van der Waals surface area contributed by atoms with Crippen LogP contribution in [0, 0.1) is 18.6 Å². The van der Waals surface area contributed by atoms with Gasteiger partial charge in [-0.25, -0.2) is 13.6 Å². The van der Waals surface area contributed by atoms with Crippen molar-refractivity contribution in [3.8, 4) is 0 Å². The highest BCUT2D eigenvalue weighted by molar-refractivity contribution is 5.89. The largest absolute Gasteiger partial charge is 0.481 e. The highest BCUT2D eigenvalue weighted by Crippen LogP contribution is 2.21. The molecule has 0 aromatic heterocycles. The first kappa shape index (κ1) is 16.8. The molecule has 6 nitrogen and oxygen atoms in total. The number of halogens is 2. The Labute approximate surface area is 120 Å². The smallest absolute Gasteiger partial charge is 0.319 e. The number of nitrogens with one attached hydrogen (secondary N) is 2. The molecule has 0 saturated carbocycles. The first-order valence-electron chi connectivity index (χ1n) is 6.09. The number of ether oxygens (including phenoxy) is 1. The van der Waals surface area contributed by atoms with Gasteiger partial charge in [-0.3, -0.25) is 4.79 Å². The molecule has 0 heterocycles. The third kappa shape index (κ3) is 4.99. The summed E-state index contributed by atoms with van der Waals surface area (Å²) >= 11 is 0. The minimum absolute atomic E-state index is 0.107. The van der Waals surface area contributed by atoms with Crippen molar-refractivity contribution in [3.63, 3.8) is 0 Å². The molecule has 1 unspecified atom stereocenters. The Morgan fingerprint density at radius 2 is 2.05 bits per heavy atom. The van der Waals surface area contributed by atoms with Crippen LogP contribution in [0.15, 0.2) is 12.1 Å². The molecule has 0 fully saturated rings. The zero-order chi connectivity index (χ0) is 16.0. The van der Waals surface area contributed by atoms with Crippen LogP contribution in [0.2, 0.25) is 0 Å². The molecule has 2 amide bonds. The summed E-state index contributed by atoms with van der Waals surface area (Å²) in [6.07, 6.45) is -1.04. The third-order valence-electron chi connectivity index (χ3n) is 2.75. The molecule has 3 N–H and O–H groups in total. The molecular formula is C13H16F2N2O4. The first-order valence-corrected chi connectivity index (χ1v) is 6.09. The molecule has 21 heavy (non-hydrogen) atoms. The number of aliphatic carboxylic acids is 1. The summed E-state index contributed by atoms with van der Waals surface area (Å²) in [5.74, 6) is -2.85. The van der Waals surface area contributed by atoms with Crippen molar-refractivity contribution < 1.29 is 28.2 Å². The number of amides is 2. The van der Waals surface area contributed by atoms with E-state index < -0.39 is 35.4 Å². The van der Waals surface area contributed by atoms with Gasteiger partial charge in [-0.2, -0.15) is 0 Å². The Morgan fingerprint density at radius 3 is 2.62 bits per heavy atom. The zero-order valence-electron chi connectivity index (χ0n) is 11.6. The maximum Gasteiger partial charge on any atom is 0.319 e. The van der Waals surface area contributed by atoms with Crippen LogP contribution in [0.25, 0.3) is 0 Å². The number of carboxylic acid groups (broad SMARTS) is 1. The van der Waals surface area contributed by atoms with Gasteiger partial charge in [-0.1, -0.05) is 6.07 Å². The molecule has 0 spiro atoms. The van der Waals surface area contributed by atoms with Crippen LogP contribution in [-0.2, 0) is 9.53 Å². The van der Waals surface area contributed by atoms with E-state index in [-0.39, 0.29) is 18.5 Å². The Balaban J connectivity index is 2.62. The molecule has 1 atom stereocenters. The van der Waals surface area contributed by atoms with Gasteiger partial charge in [0.05, 0.1) is 12.5 Å². The number of hydrogen-bond acceptors (Lipinski definition) is 3. The minimum Gasteiger partial charge on any atom is -0.481 e. The topological polar surface area (TPSA) is 87.7 Å². The average molecular weight is 302 g/mol. The number of rotatable bonds is 6. The quantitative estimate of drug-likeness (QED) is 0.749. The molecule has 8 heteroatoms. The Hall–Kier alpha value is -2.22. The maximum atomic E-state index is 13.7. The molecule has 116 valence electrons. The second-order valence-corrected chi connectivity index (χ2v) is 4.34. The predicted molar refractivity (Wildman–Crippen MR) is 71.2 cm³/mol. The van der Waals surface area contributed by atoms with Crippen LogP contribution in [-0.4, -0.2) is 36.9 Å². The fraction of sp³-hybridized carbons (Fsp3) is 0.385. The van der Waals surface area contributed by atoms with Crippen molar-refractivity contribution >= 4 is 17.7 Å². The maximum absolute atomic E-state index is 13.7. The van der Waals surface area contributed by atoms with E-state index in [2.05, 4.69) is 5.32 Å². The van der Waals surface area contributed by atoms with Gasteiger partial charge in [0, 0.05) is 13.7 Å². The van der Waals surface area contributed by atoms with E-state index in [4.69, 9.17) is 9.84 Å². The number of carbonyl (C=O) groups excluding carboxylic acids is 1. The normalized spacial score (nSPS) is 11.8. The van der Waals surface area contributed by atoms with Crippen LogP contribution in [0.3, 0.4) is 0 Å². The molecule has 1 aromatic rings. The average Bonchev–Trinajstić information content (AvgIpc) is 2.43. The third-order valence-corrected chi connectivity index (χ3v) is 2.75. The first-order chi connectivity index (χ1) is 9.85. The van der Waals surface area contributed by atoms with Crippen molar-refractivity contribution in [1.29, 1.82) is 0 Å². The molecule has 0 bridgehead atoms. The highest BCUT2D eigenvalue weighted by Gasteiger charge is 2.16. The standard InChI is InChI=1S/C13H16F2N2O4/c1-7-3-4-9(14)12(11(7)15)17-13(20)16-6-8(21-2)5-10(18)19/h3-4,8H,5-6H2,1-2H3,(H,18,19)(H2,16,17,20). The van der Waals surface area contributed by atoms with Crippen LogP contribution >= 0.6 is 0 Å². The summed E-state index contributed by atoms with van der Waals surface area (Å²) in [7, 11) is 1.30. The summed E-state index contributed by atoms with van der Waals surface area (Å²) in [5.41, 5.74) is -0.368. The number of anilines is 1. The molecule has 0 aliphatic heterocycles. The molecule has 1 aromatic carbocycles. The van der Waals surface area contributed by atoms with Crippen molar-refractivity contribution in [1.82, 2.24) is 5.32 Å². The number of carbonyl (C=O) groups is 2. The van der Waals surface area contributed by atoms with Gasteiger partial charge in [-0.05, 0) is 18.6 Å². The lowest BCUT2D eigenvalue weighted by molar-refractivity contribution is -0.139. The number of benzene rings is 1. The van der Waals surface area contributed by atoms with Crippen LogP contribution in [0.5, 0.6) is 0 Å². The number of hydrogen-bond donors (Lipinski definition) is 3. The van der Waals surface area contributed by atoms with E-state index >= 15 is 0 Å². The van der Waals surface area contributed by atoms with Gasteiger partial charge in [-0.15, -0.1) is 0 Å². The van der Waals surface area contributed by atoms with Gasteiger partial charge < -0.3 is 20.5 Å². The number of aryl methyl sites for hydroxylation is 1. The van der Waals surface area contributed by atoms with Crippen LogP contribution < -0.4 is 10.6 Å². The van der Waals surface area contributed by atoms with E-state index in [1.165, 1.54) is 20.1 Å². The van der Waals surface area contributed by atoms with E-state index in [9.17, 15) is 18.4 Å². The van der Waals surface area contributed by atoms with Crippen molar-refractivity contribution in [2.75, 3.05) is 19.0 Å². The Bertz CT molecular complexity index is 537. The van der Waals surface area contributed by atoms with Crippen molar-refractivity contribution in [3.05, 3.63) is 29.3 Å². The van der Waals surface area contributed by atoms with Gasteiger partial charge in [0.25, 0.3) is 0 Å². The fourth-order valence-corrected chi connectivity index (χ4v) is 1.57. The Morgan fingerprint density at radius 1 is 1.38 bits per heavy atom. The van der Waals surface area contributed by atoms with E-state index in [1.807, 2.05) is 5.32 Å². The van der Waals surface area contributed by atoms with Gasteiger partial charge >= 0.3 is 12.0 Å². The molecule has 0 aliphatic carbocycles. The van der Waals surface area contributed by atoms with Gasteiger partial charge in [0.2, 0.25) is 0 Å². The summed E-state index contributed by atoms with van der Waals surface area (Å²) in [6, 6.07) is 1.43. The second kappa shape index (κ2) is 7.53. The highest BCUT2D eigenvalue weighted by atomic mass is 19.1. The predicted octanol–water partition coefficient (Wildman–Crippen LogP) is 1.88. The summed E-state index contributed by atoms with van der Waals surface area (Å²) in [5, 5.41) is 13.0. The lowest BCUT2D eigenvalue weighted by Gasteiger charge is -2.15. The van der Waals surface area contributed by atoms with Gasteiger partial charge in [0.15, 0.2) is 5.82 Å². The summed E-state index contributed by atoms with van der Waals surface area (Å²) < 4.78 is 32.0. The SMILES string of the molecule is COC(CNC(=O)Nc1c(F)ccc(C)c1F)CC(=O)O. The second-order valence-electron chi connectivity index (χ2n) is 4.34. The lowest BCUT2D eigenvalue weighted by atomic mass is 10.2.